The highest BCUT2D eigenvalue weighted by Gasteiger charge is 2.15. The van der Waals surface area contributed by atoms with Gasteiger partial charge < -0.3 is 9.88 Å². The number of aryl methyl sites for hydroxylation is 1. The van der Waals surface area contributed by atoms with Gasteiger partial charge in [0.25, 0.3) is 0 Å². The standard InChI is InChI=1S/C15H22N4O3S2/c1-9(2)10(3)17-14(20)8-23-15-18-12-7-11(24(16,21)22)5-6-13(12)19(15)4/h5-7,9-10H,8H2,1-4H3,(H,17,20)(H2,16,21,22)/t10-/m1/s1. The molecule has 0 saturated heterocycles. The van der Waals surface area contributed by atoms with Crippen LogP contribution in [0.15, 0.2) is 28.3 Å². The van der Waals surface area contributed by atoms with Gasteiger partial charge in [-0.1, -0.05) is 25.6 Å². The van der Waals surface area contributed by atoms with Crippen LogP contribution in [-0.2, 0) is 21.9 Å². The van der Waals surface area contributed by atoms with E-state index in [1.807, 2.05) is 32.4 Å². The lowest BCUT2D eigenvalue weighted by Crippen LogP contribution is -2.37. The van der Waals surface area contributed by atoms with Crippen LogP contribution in [0.4, 0.5) is 0 Å². The Morgan fingerprint density at radius 2 is 2.04 bits per heavy atom. The minimum absolute atomic E-state index is 0.0214. The highest BCUT2D eigenvalue weighted by Crippen LogP contribution is 2.24. The lowest BCUT2D eigenvalue weighted by atomic mass is 10.1. The van der Waals surface area contributed by atoms with E-state index in [0.29, 0.717) is 16.6 Å². The first-order chi connectivity index (χ1) is 11.1. The third-order valence-electron chi connectivity index (χ3n) is 3.86. The number of thioether (sulfide) groups is 1. The Bertz CT molecular complexity index is 859. The number of hydrogen-bond acceptors (Lipinski definition) is 5. The van der Waals surface area contributed by atoms with Gasteiger partial charge >= 0.3 is 0 Å². The molecule has 7 nitrogen and oxygen atoms in total. The van der Waals surface area contributed by atoms with Gasteiger partial charge in [0.15, 0.2) is 5.16 Å². The molecule has 0 fully saturated rings. The Kier molecular flexibility index (Phi) is 5.56. The Labute approximate surface area is 146 Å². The minimum atomic E-state index is -3.77. The molecule has 3 N–H and O–H groups in total. The number of hydrogen-bond donors (Lipinski definition) is 2. The molecule has 0 bridgehead atoms. The molecule has 1 amide bonds. The first-order valence-corrected chi connectivity index (χ1v) is 10.0. The number of nitrogens with one attached hydrogen (secondary N) is 1. The summed E-state index contributed by atoms with van der Waals surface area (Å²) in [4.78, 5) is 16.4. The molecule has 0 aliphatic heterocycles. The van der Waals surface area contributed by atoms with Crippen molar-refractivity contribution in [2.75, 3.05) is 5.75 Å². The first-order valence-electron chi connectivity index (χ1n) is 7.51. The lowest BCUT2D eigenvalue weighted by molar-refractivity contribution is -0.119. The summed E-state index contributed by atoms with van der Waals surface area (Å²) >= 11 is 1.31. The maximum absolute atomic E-state index is 12.0. The number of aromatic nitrogens is 2. The van der Waals surface area contributed by atoms with Crippen molar-refractivity contribution in [3.8, 4) is 0 Å². The van der Waals surface area contributed by atoms with Crippen molar-refractivity contribution in [2.45, 2.75) is 36.9 Å². The van der Waals surface area contributed by atoms with E-state index in [0.717, 1.165) is 5.52 Å². The quantitative estimate of drug-likeness (QED) is 0.749. The summed E-state index contributed by atoms with van der Waals surface area (Å²) in [5.41, 5.74) is 1.31. The predicted molar refractivity (Wildman–Crippen MR) is 95.3 cm³/mol. The van der Waals surface area contributed by atoms with Crippen LogP contribution < -0.4 is 10.5 Å². The van der Waals surface area contributed by atoms with E-state index in [4.69, 9.17) is 5.14 Å². The van der Waals surface area contributed by atoms with Crippen LogP contribution in [0.5, 0.6) is 0 Å². The number of nitrogens with zero attached hydrogens (tertiary/aromatic N) is 2. The van der Waals surface area contributed by atoms with Crippen molar-refractivity contribution in [2.24, 2.45) is 18.1 Å². The fourth-order valence-corrected chi connectivity index (χ4v) is 3.39. The molecule has 132 valence electrons. The van der Waals surface area contributed by atoms with Crippen LogP contribution in [-0.4, -0.2) is 35.7 Å². The van der Waals surface area contributed by atoms with E-state index >= 15 is 0 Å². The highest BCUT2D eigenvalue weighted by atomic mass is 32.2. The van der Waals surface area contributed by atoms with Gasteiger partial charge in [-0.15, -0.1) is 0 Å². The number of nitrogens with two attached hydrogens (primary N) is 1. The molecular weight excluding hydrogens is 348 g/mol. The Balaban J connectivity index is 2.15. The minimum Gasteiger partial charge on any atom is -0.353 e. The van der Waals surface area contributed by atoms with E-state index in [1.165, 1.54) is 23.9 Å². The molecule has 1 atom stereocenters. The van der Waals surface area contributed by atoms with Crippen molar-refractivity contribution in [1.29, 1.82) is 0 Å². The molecule has 0 aliphatic rings. The second kappa shape index (κ2) is 7.12. The number of fused-ring (bicyclic) bond motifs is 1. The summed E-state index contributed by atoms with van der Waals surface area (Å²) in [6.07, 6.45) is 0. The smallest absolute Gasteiger partial charge is 0.238 e. The Hall–Kier alpha value is -1.58. The molecule has 0 radical (unpaired) electrons. The average molecular weight is 371 g/mol. The molecule has 24 heavy (non-hydrogen) atoms. The molecule has 9 heteroatoms. The summed E-state index contributed by atoms with van der Waals surface area (Å²) < 4.78 is 24.7. The monoisotopic (exact) mass is 370 g/mol. The molecule has 2 rings (SSSR count). The third-order valence-corrected chi connectivity index (χ3v) is 5.80. The van der Waals surface area contributed by atoms with E-state index in [9.17, 15) is 13.2 Å². The molecule has 0 aliphatic carbocycles. The lowest BCUT2D eigenvalue weighted by Gasteiger charge is -2.17. The van der Waals surface area contributed by atoms with E-state index in [1.54, 1.807) is 6.07 Å². The van der Waals surface area contributed by atoms with E-state index < -0.39 is 10.0 Å². The molecule has 2 aromatic rings. The second-order valence-electron chi connectivity index (χ2n) is 6.04. The zero-order chi connectivity index (χ0) is 18.1. The van der Waals surface area contributed by atoms with Crippen molar-refractivity contribution in [3.63, 3.8) is 0 Å². The number of imidazole rings is 1. The van der Waals surface area contributed by atoms with Gasteiger partial charge in [0.05, 0.1) is 21.7 Å². The Morgan fingerprint density at radius 1 is 1.38 bits per heavy atom. The van der Waals surface area contributed by atoms with Crippen LogP contribution >= 0.6 is 11.8 Å². The van der Waals surface area contributed by atoms with Gasteiger partial charge in [-0.2, -0.15) is 0 Å². The van der Waals surface area contributed by atoms with Crippen LogP contribution in [0.25, 0.3) is 11.0 Å². The fraction of sp³-hybridized carbons (Fsp3) is 0.467. The molecule has 1 heterocycles. The van der Waals surface area contributed by atoms with Crippen molar-refractivity contribution in [1.82, 2.24) is 14.9 Å². The number of benzene rings is 1. The third kappa shape index (κ3) is 4.28. The van der Waals surface area contributed by atoms with Gasteiger partial charge in [0.2, 0.25) is 15.9 Å². The number of carbonyl (C=O) groups is 1. The largest absolute Gasteiger partial charge is 0.353 e. The van der Waals surface area contributed by atoms with Crippen LogP contribution in [0.3, 0.4) is 0 Å². The molecular formula is C15H22N4O3S2. The molecule has 0 saturated carbocycles. The molecule has 0 spiro atoms. The van der Waals surface area contributed by atoms with Crippen molar-refractivity contribution in [3.05, 3.63) is 18.2 Å². The average Bonchev–Trinajstić information content (AvgIpc) is 2.80. The molecule has 1 aromatic carbocycles. The fourth-order valence-electron chi connectivity index (χ4n) is 2.06. The topological polar surface area (TPSA) is 107 Å². The van der Waals surface area contributed by atoms with Gasteiger partial charge in [0.1, 0.15) is 0 Å². The van der Waals surface area contributed by atoms with Crippen molar-refractivity contribution >= 4 is 38.7 Å². The maximum Gasteiger partial charge on any atom is 0.238 e. The second-order valence-corrected chi connectivity index (χ2v) is 8.54. The zero-order valence-corrected chi connectivity index (χ0v) is 15.7. The van der Waals surface area contributed by atoms with Crippen LogP contribution in [0, 0.1) is 5.92 Å². The first kappa shape index (κ1) is 18.8. The van der Waals surface area contributed by atoms with Crippen LogP contribution in [0.1, 0.15) is 20.8 Å². The number of rotatable bonds is 6. The van der Waals surface area contributed by atoms with E-state index in [-0.39, 0.29) is 22.6 Å². The molecule has 1 aromatic heterocycles. The van der Waals surface area contributed by atoms with E-state index in [2.05, 4.69) is 10.3 Å². The van der Waals surface area contributed by atoms with Gasteiger partial charge in [0, 0.05) is 13.1 Å². The number of sulfonamides is 1. The van der Waals surface area contributed by atoms with Gasteiger partial charge in [-0.3, -0.25) is 4.79 Å². The van der Waals surface area contributed by atoms with Crippen LogP contribution in [0.2, 0.25) is 0 Å². The normalized spacial score (nSPS) is 13.4. The zero-order valence-electron chi connectivity index (χ0n) is 14.1. The maximum atomic E-state index is 12.0. The van der Waals surface area contributed by atoms with Gasteiger partial charge in [-0.25, -0.2) is 18.5 Å². The van der Waals surface area contributed by atoms with Crippen molar-refractivity contribution < 1.29 is 13.2 Å². The number of carbonyl (C=O) groups excluding carboxylic acids is 1. The summed E-state index contributed by atoms with van der Waals surface area (Å²) in [6.45, 7) is 6.07. The SMILES string of the molecule is CC(C)[C@@H](C)NC(=O)CSc1nc2cc(S(N)(=O)=O)ccc2n1C. The molecule has 0 unspecified atom stereocenters. The number of amides is 1. The summed E-state index contributed by atoms with van der Waals surface area (Å²) in [7, 11) is -1.94. The van der Waals surface area contributed by atoms with Gasteiger partial charge in [-0.05, 0) is 31.0 Å². The summed E-state index contributed by atoms with van der Waals surface area (Å²) in [6, 6.07) is 4.66. The Morgan fingerprint density at radius 3 is 2.62 bits per heavy atom. The summed E-state index contributed by atoms with van der Waals surface area (Å²) in [5, 5.41) is 8.72. The highest BCUT2D eigenvalue weighted by molar-refractivity contribution is 7.99. The predicted octanol–water partition coefficient (Wildman–Crippen LogP) is 1.47. The number of primary sulfonamides is 1. The summed E-state index contributed by atoms with van der Waals surface area (Å²) in [5.74, 6) is 0.556.